The highest BCUT2D eigenvalue weighted by molar-refractivity contribution is 7.94. The highest BCUT2D eigenvalue weighted by Crippen LogP contribution is 2.34. The molecule has 0 aromatic carbocycles. The van der Waals surface area contributed by atoms with E-state index in [9.17, 15) is 21.6 Å². The molecule has 0 saturated heterocycles. The monoisotopic (exact) mass is 476 g/mol. The summed E-state index contributed by atoms with van der Waals surface area (Å²) in [5.74, 6) is -1.36. The number of hydrogen-bond donors (Lipinski definition) is 1. The Morgan fingerprint density at radius 1 is 1.00 bits per heavy atom. The third-order valence-electron chi connectivity index (χ3n) is 4.62. The van der Waals surface area contributed by atoms with Crippen LogP contribution in [0.2, 0.25) is 0 Å². The molecule has 0 atom stereocenters. The molecule has 32 heavy (non-hydrogen) atoms. The van der Waals surface area contributed by atoms with Gasteiger partial charge in [-0.15, -0.1) is 0 Å². The van der Waals surface area contributed by atoms with Crippen molar-refractivity contribution in [1.29, 1.82) is 0 Å². The Morgan fingerprint density at radius 2 is 1.62 bits per heavy atom. The third kappa shape index (κ3) is 4.73. The van der Waals surface area contributed by atoms with Crippen molar-refractivity contribution in [2.24, 2.45) is 5.10 Å². The summed E-state index contributed by atoms with van der Waals surface area (Å²) in [4.78, 5) is 16.2. The van der Waals surface area contributed by atoms with Crippen LogP contribution in [0.5, 0.6) is 0 Å². The van der Waals surface area contributed by atoms with E-state index in [2.05, 4.69) is 15.5 Å². The van der Waals surface area contributed by atoms with Crippen molar-refractivity contribution >= 4 is 37.3 Å². The number of hydrogen-bond acceptors (Lipinski definition) is 7. The zero-order valence-electron chi connectivity index (χ0n) is 17.7. The molecule has 0 spiro atoms. The van der Waals surface area contributed by atoms with Crippen LogP contribution >= 0.6 is 0 Å². The summed E-state index contributed by atoms with van der Waals surface area (Å²) in [6, 6.07) is 8.03. The van der Waals surface area contributed by atoms with Crippen LogP contribution in [0, 0.1) is 0 Å². The van der Waals surface area contributed by atoms with Gasteiger partial charge in [-0.05, 0) is 42.7 Å². The van der Waals surface area contributed by atoms with Crippen LogP contribution in [0.15, 0.2) is 63.8 Å². The standard InChI is InChI=1S/C21H24N4O5S2/c1-3-13-31(27,28)19-17-7-5-6-12-25(17)18(20(19)32(29,30)14-4-2)21(26)24-23-15-16-8-10-22-11-9-16/h5-12,15H,3-4,13-14H2,1-2H3,(H,24,26)/b23-15+. The summed E-state index contributed by atoms with van der Waals surface area (Å²) < 4.78 is 53.9. The first-order chi connectivity index (χ1) is 15.2. The van der Waals surface area contributed by atoms with Gasteiger partial charge < -0.3 is 4.40 Å². The molecule has 0 aliphatic rings. The Bertz CT molecular complexity index is 1360. The molecule has 0 aliphatic heterocycles. The predicted octanol–water partition coefficient (Wildman–Crippen LogP) is 2.47. The number of carbonyl (C=O) groups excluding carboxylic acids is 1. The zero-order valence-corrected chi connectivity index (χ0v) is 19.4. The Hall–Kier alpha value is -3.05. The smallest absolute Gasteiger partial charge is 0.289 e. The fourth-order valence-electron chi connectivity index (χ4n) is 3.37. The molecule has 3 aromatic heterocycles. The summed E-state index contributed by atoms with van der Waals surface area (Å²) in [6.07, 6.45) is 6.53. The van der Waals surface area contributed by atoms with E-state index < -0.39 is 30.5 Å². The Morgan fingerprint density at radius 3 is 2.25 bits per heavy atom. The number of amides is 1. The van der Waals surface area contributed by atoms with Gasteiger partial charge in [-0.3, -0.25) is 9.78 Å². The number of rotatable bonds is 9. The lowest BCUT2D eigenvalue weighted by atomic mass is 10.3. The average molecular weight is 477 g/mol. The van der Waals surface area contributed by atoms with Crippen LogP contribution in [0.1, 0.15) is 42.7 Å². The van der Waals surface area contributed by atoms with E-state index in [0.717, 1.165) is 0 Å². The molecular formula is C21H24N4O5S2. The number of sulfone groups is 2. The summed E-state index contributed by atoms with van der Waals surface area (Å²) >= 11 is 0. The van der Waals surface area contributed by atoms with E-state index in [1.54, 1.807) is 50.5 Å². The number of carbonyl (C=O) groups is 1. The second-order valence-corrected chi connectivity index (χ2v) is 11.2. The molecule has 1 N–H and O–H groups in total. The second kappa shape index (κ2) is 9.61. The van der Waals surface area contributed by atoms with Crippen LogP contribution in [0.4, 0.5) is 0 Å². The molecule has 0 fully saturated rings. The number of aromatic nitrogens is 2. The predicted molar refractivity (Wildman–Crippen MR) is 121 cm³/mol. The van der Waals surface area contributed by atoms with Crippen LogP contribution in [0.3, 0.4) is 0 Å². The van der Waals surface area contributed by atoms with Crippen molar-refractivity contribution in [2.75, 3.05) is 11.5 Å². The van der Waals surface area contributed by atoms with Gasteiger partial charge in [0.25, 0.3) is 5.91 Å². The number of hydrazone groups is 1. The van der Waals surface area contributed by atoms with Crippen molar-refractivity contribution in [3.63, 3.8) is 0 Å². The largest absolute Gasteiger partial charge is 0.310 e. The number of fused-ring (bicyclic) bond motifs is 1. The first-order valence-electron chi connectivity index (χ1n) is 10.0. The van der Waals surface area contributed by atoms with Gasteiger partial charge in [0.05, 0.1) is 23.2 Å². The molecular weight excluding hydrogens is 452 g/mol. The minimum Gasteiger partial charge on any atom is -0.310 e. The maximum Gasteiger partial charge on any atom is 0.289 e. The molecule has 0 unspecified atom stereocenters. The lowest BCUT2D eigenvalue weighted by molar-refractivity contribution is 0.0945. The molecule has 170 valence electrons. The summed E-state index contributed by atoms with van der Waals surface area (Å²) in [5.41, 5.74) is 2.85. The van der Waals surface area contributed by atoms with Gasteiger partial charge in [-0.1, -0.05) is 19.9 Å². The molecule has 11 heteroatoms. The Kier molecular flexibility index (Phi) is 7.09. The maximum absolute atomic E-state index is 13.2. The number of nitrogens with one attached hydrogen (secondary N) is 1. The molecule has 0 aliphatic carbocycles. The molecule has 0 radical (unpaired) electrons. The fraction of sp³-hybridized carbons (Fsp3) is 0.286. The van der Waals surface area contributed by atoms with Crippen molar-refractivity contribution in [2.45, 2.75) is 36.5 Å². The molecule has 1 amide bonds. The number of nitrogens with zero attached hydrogens (tertiary/aromatic N) is 3. The normalized spacial score (nSPS) is 12.4. The maximum atomic E-state index is 13.2. The van der Waals surface area contributed by atoms with Crippen molar-refractivity contribution < 1.29 is 21.6 Å². The van der Waals surface area contributed by atoms with Gasteiger partial charge in [0.1, 0.15) is 15.5 Å². The van der Waals surface area contributed by atoms with E-state index in [4.69, 9.17) is 0 Å². The van der Waals surface area contributed by atoms with Crippen molar-refractivity contribution in [1.82, 2.24) is 14.8 Å². The average Bonchev–Trinajstić information content (AvgIpc) is 3.12. The lowest BCUT2D eigenvalue weighted by Crippen LogP contribution is -2.23. The van der Waals surface area contributed by atoms with Gasteiger partial charge in [0, 0.05) is 18.6 Å². The first-order valence-corrected chi connectivity index (χ1v) is 13.4. The minimum absolute atomic E-state index is 0.138. The highest BCUT2D eigenvalue weighted by atomic mass is 32.2. The van der Waals surface area contributed by atoms with Gasteiger partial charge in [0.15, 0.2) is 19.7 Å². The Balaban J connectivity index is 2.23. The van der Waals surface area contributed by atoms with Crippen LogP contribution in [-0.2, 0) is 19.7 Å². The van der Waals surface area contributed by atoms with E-state index >= 15 is 0 Å². The summed E-state index contributed by atoms with van der Waals surface area (Å²) in [5, 5.41) is 3.89. The minimum atomic E-state index is -4.08. The van der Waals surface area contributed by atoms with Gasteiger partial charge in [0.2, 0.25) is 0 Å². The highest BCUT2D eigenvalue weighted by Gasteiger charge is 2.36. The van der Waals surface area contributed by atoms with E-state index in [-0.39, 0.29) is 34.0 Å². The van der Waals surface area contributed by atoms with E-state index in [1.807, 2.05) is 0 Å². The summed E-state index contributed by atoms with van der Waals surface area (Å²) in [6.45, 7) is 3.36. The Labute approximate surface area is 187 Å². The van der Waals surface area contributed by atoms with Gasteiger partial charge in [-0.25, -0.2) is 22.3 Å². The molecule has 3 aromatic rings. The molecule has 0 bridgehead atoms. The van der Waals surface area contributed by atoms with Gasteiger partial charge >= 0.3 is 0 Å². The third-order valence-corrected chi connectivity index (χ3v) is 8.70. The molecule has 9 nitrogen and oxygen atoms in total. The zero-order chi connectivity index (χ0) is 23.4. The molecule has 0 saturated carbocycles. The van der Waals surface area contributed by atoms with E-state index in [0.29, 0.717) is 12.0 Å². The first kappa shape index (κ1) is 23.6. The van der Waals surface area contributed by atoms with Gasteiger partial charge in [-0.2, -0.15) is 5.10 Å². The van der Waals surface area contributed by atoms with Crippen LogP contribution in [-0.4, -0.2) is 49.8 Å². The fourth-order valence-corrected chi connectivity index (χ4v) is 7.35. The van der Waals surface area contributed by atoms with Crippen LogP contribution < -0.4 is 5.43 Å². The topological polar surface area (TPSA) is 127 Å². The second-order valence-electron chi connectivity index (χ2n) is 7.08. The van der Waals surface area contributed by atoms with E-state index in [1.165, 1.54) is 22.9 Å². The quantitative estimate of drug-likeness (QED) is 0.373. The molecule has 3 rings (SSSR count). The van der Waals surface area contributed by atoms with Crippen molar-refractivity contribution in [3.05, 3.63) is 60.2 Å². The SMILES string of the molecule is CCCS(=O)(=O)c1c(S(=O)(=O)CCC)c2ccccn2c1C(=O)N/N=C/c1ccncc1. The van der Waals surface area contributed by atoms with Crippen LogP contribution in [0.25, 0.3) is 5.52 Å². The number of pyridine rings is 2. The summed E-state index contributed by atoms with van der Waals surface area (Å²) in [7, 11) is -8.05. The van der Waals surface area contributed by atoms with Crippen molar-refractivity contribution in [3.8, 4) is 0 Å². The molecule has 3 heterocycles. The lowest BCUT2D eigenvalue weighted by Gasteiger charge is -2.08.